The molecule has 4 aliphatic carbocycles. The van der Waals surface area contributed by atoms with Crippen molar-refractivity contribution in [1.29, 1.82) is 0 Å². The highest BCUT2D eigenvalue weighted by atomic mass is 35.5. The molecule has 116 valence electrons. The Kier molecular flexibility index (Phi) is 4.12. The predicted octanol–water partition coefficient (Wildman–Crippen LogP) is 3.72. The third kappa shape index (κ3) is 2.65. The number of carbonyl (C=O) groups is 1. The zero-order valence-electron chi connectivity index (χ0n) is 12.5. The summed E-state index contributed by atoms with van der Waals surface area (Å²) >= 11 is 1.61. The van der Waals surface area contributed by atoms with Gasteiger partial charge in [-0.2, -0.15) is 0 Å². The maximum atomic E-state index is 12.8. The van der Waals surface area contributed by atoms with E-state index in [0.29, 0.717) is 11.5 Å². The van der Waals surface area contributed by atoms with Crippen LogP contribution in [0.25, 0.3) is 0 Å². The van der Waals surface area contributed by atoms with Crippen molar-refractivity contribution in [3.8, 4) is 0 Å². The molecule has 1 aromatic heterocycles. The van der Waals surface area contributed by atoms with Crippen LogP contribution in [-0.4, -0.2) is 21.1 Å². The lowest BCUT2D eigenvalue weighted by Crippen LogP contribution is -2.50. The van der Waals surface area contributed by atoms with Gasteiger partial charge in [-0.05, 0) is 56.3 Å². The monoisotopic (exact) mass is 326 g/mol. The lowest BCUT2D eigenvalue weighted by atomic mass is 9.48. The van der Waals surface area contributed by atoms with E-state index in [4.69, 9.17) is 0 Å². The second-order valence-corrected chi connectivity index (χ2v) is 8.17. The molecule has 0 radical (unpaired) electrons. The Morgan fingerprint density at radius 3 is 2.33 bits per heavy atom. The van der Waals surface area contributed by atoms with Crippen molar-refractivity contribution < 1.29 is 4.79 Å². The number of carbonyl (C=O) groups excluding carboxylic acids is 1. The zero-order valence-corrected chi connectivity index (χ0v) is 14.1. The fraction of sp³-hybridized carbons (Fsp3) is 0.750. The van der Waals surface area contributed by atoms with Gasteiger partial charge in [0.05, 0.1) is 5.75 Å². The van der Waals surface area contributed by atoms with Crippen LogP contribution in [0.5, 0.6) is 0 Å². The van der Waals surface area contributed by atoms with Crippen molar-refractivity contribution >= 4 is 30.0 Å². The van der Waals surface area contributed by atoms with Crippen molar-refractivity contribution in [1.82, 2.24) is 9.55 Å². The Balaban J connectivity index is 0.00000132. The summed E-state index contributed by atoms with van der Waals surface area (Å²) < 4.78 is 2.00. The highest BCUT2D eigenvalue weighted by Crippen LogP contribution is 2.60. The number of imidazole rings is 1. The first-order valence-corrected chi connectivity index (χ1v) is 8.77. The highest BCUT2D eigenvalue weighted by Gasteiger charge is 2.54. The van der Waals surface area contributed by atoms with E-state index in [2.05, 4.69) is 4.98 Å². The van der Waals surface area contributed by atoms with Gasteiger partial charge >= 0.3 is 0 Å². The summed E-state index contributed by atoms with van der Waals surface area (Å²) in [5, 5.41) is 0.961. The minimum Gasteiger partial charge on any atom is -0.329 e. The van der Waals surface area contributed by atoms with Gasteiger partial charge in [0.15, 0.2) is 5.16 Å². The van der Waals surface area contributed by atoms with Crippen LogP contribution in [0, 0.1) is 23.2 Å². The number of rotatable bonds is 4. The minimum absolute atomic E-state index is 0. The van der Waals surface area contributed by atoms with Crippen LogP contribution in [0.15, 0.2) is 17.6 Å². The van der Waals surface area contributed by atoms with Gasteiger partial charge in [-0.15, -0.1) is 12.4 Å². The minimum atomic E-state index is 0. The van der Waals surface area contributed by atoms with Crippen LogP contribution in [-0.2, 0) is 11.8 Å². The summed E-state index contributed by atoms with van der Waals surface area (Å²) in [6.45, 7) is 0. The molecule has 5 rings (SSSR count). The smallest absolute Gasteiger partial charge is 0.168 e. The standard InChI is InChI=1S/C16H22N2OS.ClH/c1-18-3-2-17-15(18)20-10-14(19)16-7-11-4-12(8-16)6-13(5-11)9-16;/h2-3,11-13H,4-10H2,1H3;1H. The maximum Gasteiger partial charge on any atom is 0.168 e. The first-order valence-electron chi connectivity index (χ1n) is 7.78. The van der Waals surface area contributed by atoms with Crippen LogP contribution in [0.4, 0.5) is 0 Å². The van der Waals surface area contributed by atoms with Gasteiger partial charge < -0.3 is 4.57 Å². The normalized spacial score (nSPS) is 36.5. The number of thioether (sulfide) groups is 1. The first kappa shape index (κ1) is 15.4. The summed E-state index contributed by atoms with van der Waals surface area (Å²) in [5.41, 5.74) is 0.0485. The Hall–Kier alpha value is -0.480. The number of aryl methyl sites for hydroxylation is 1. The van der Waals surface area contributed by atoms with Crippen LogP contribution in [0.3, 0.4) is 0 Å². The molecule has 4 saturated carbocycles. The largest absolute Gasteiger partial charge is 0.329 e. The van der Waals surface area contributed by atoms with Crippen LogP contribution in [0.1, 0.15) is 38.5 Å². The topological polar surface area (TPSA) is 34.9 Å². The predicted molar refractivity (Wildman–Crippen MR) is 86.8 cm³/mol. The molecule has 0 aromatic carbocycles. The van der Waals surface area contributed by atoms with E-state index in [9.17, 15) is 4.79 Å². The van der Waals surface area contributed by atoms with Crippen molar-refractivity contribution in [2.75, 3.05) is 5.75 Å². The molecule has 1 heterocycles. The van der Waals surface area contributed by atoms with E-state index >= 15 is 0 Å². The van der Waals surface area contributed by atoms with Crippen LogP contribution >= 0.6 is 24.2 Å². The molecule has 0 amide bonds. The Bertz CT molecular complexity index is 507. The average molecular weight is 327 g/mol. The second-order valence-electron chi connectivity index (χ2n) is 7.23. The molecule has 21 heavy (non-hydrogen) atoms. The van der Waals surface area contributed by atoms with Crippen molar-refractivity contribution in [2.24, 2.45) is 30.2 Å². The van der Waals surface area contributed by atoms with Gasteiger partial charge in [-0.1, -0.05) is 11.8 Å². The van der Waals surface area contributed by atoms with E-state index in [0.717, 1.165) is 22.9 Å². The average Bonchev–Trinajstić information content (AvgIpc) is 2.80. The summed E-state index contributed by atoms with van der Waals surface area (Å²) in [4.78, 5) is 17.2. The fourth-order valence-corrected chi connectivity index (χ4v) is 6.19. The molecule has 1 aromatic rings. The third-order valence-electron chi connectivity index (χ3n) is 5.74. The molecular weight excluding hydrogens is 304 g/mol. The number of hydrogen-bond donors (Lipinski definition) is 0. The Labute approximate surface area is 136 Å². The molecule has 0 saturated heterocycles. The lowest BCUT2D eigenvalue weighted by Gasteiger charge is -2.56. The number of halogens is 1. The molecule has 0 unspecified atom stereocenters. The molecule has 4 fully saturated rings. The van der Waals surface area contributed by atoms with Crippen molar-refractivity contribution in [2.45, 2.75) is 43.7 Å². The van der Waals surface area contributed by atoms with Gasteiger partial charge in [0, 0.05) is 24.9 Å². The van der Waals surface area contributed by atoms with Crippen molar-refractivity contribution in [3.05, 3.63) is 12.4 Å². The molecule has 0 atom stereocenters. The molecular formula is C16H23ClN2OS. The summed E-state index contributed by atoms with van der Waals surface area (Å²) in [6, 6.07) is 0. The maximum absolute atomic E-state index is 12.8. The highest BCUT2D eigenvalue weighted by molar-refractivity contribution is 7.99. The summed E-state index contributed by atoms with van der Waals surface area (Å²) in [6.07, 6.45) is 11.5. The first-order chi connectivity index (χ1) is 9.64. The van der Waals surface area contributed by atoms with E-state index in [-0.39, 0.29) is 17.8 Å². The van der Waals surface area contributed by atoms with Gasteiger partial charge in [-0.3, -0.25) is 4.79 Å². The molecule has 4 bridgehead atoms. The SMILES string of the molecule is Cl.Cn1ccnc1SCC(=O)C12CC3CC(CC(C3)C1)C2. The number of aromatic nitrogens is 2. The van der Waals surface area contributed by atoms with Gasteiger partial charge in [-0.25, -0.2) is 4.98 Å². The van der Waals surface area contributed by atoms with E-state index in [1.807, 2.05) is 17.8 Å². The van der Waals surface area contributed by atoms with E-state index in [1.165, 1.54) is 38.5 Å². The second kappa shape index (κ2) is 5.62. The van der Waals surface area contributed by atoms with Crippen LogP contribution < -0.4 is 0 Å². The van der Waals surface area contributed by atoms with Crippen LogP contribution in [0.2, 0.25) is 0 Å². The number of Topliss-reactive ketones (excluding diaryl/α,β-unsaturated/α-hetero) is 1. The summed E-state index contributed by atoms with van der Waals surface area (Å²) in [5.74, 6) is 3.66. The number of nitrogens with zero attached hydrogens (tertiary/aromatic N) is 2. The quantitative estimate of drug-likeness (QED) is 0.791. The number of hydrogen-bond acceptors (Lipinski definition) is 3. The van der Waals surface area contributed by atoms with E-state index in [1.54, 1.807) is 18.0 Å². The Morgan fingerprint density at radius 2 is 1.86 bits per heavy atom. The van der Waals surface area contributed by atoms with Crippen molar-refractivity contribution in [3.63, 3.8) is 0 Å². The molecule has 0 aliphatic heterocycles. The number of ketones is 1. The molecule has 0 N–H and O–H groups in total. The molecule has 5 heteroatoms. The van der Waals surface area contributed by atoms with E-state index < -0.39 is 0 Å². The molecule has 0 spiro atoms. The third-order valence-corrected chi connectivity index (χ3v) is 6.80. The fourth-order valence-electron chi connectivity index (χ4n) is 5.23. The zero-order chi connectivity index (χ0) is 13.7. The Morgan fingerprint density at radius 1 is 1.29 bits per heavy atom. The van der Waals surface area contributed by atoms with Gasteiger partial charge in [0.1, 0.15) is 5.78 Å². The molecule has 4 aliphatic rings. The van der Waals surface area contributed by atoms with Gasteiger partial charge in [0.2, 0.25) is 0 Å². The van der Waals surface area contributed by atoms with Gasteiger partial charge in [0.25, 0.3) is 0 Å². The lowest BCUT2D eigenvalue weighted by molar-refractivity contribution is -0.141. The summed E-state index contributed by atoms with van der Waals surface area (Å²) in [7, 11) is 1.99. The molecule has 3 nitrogen and oxygen atoms in total.